The predicted molar refractivity (Wildman–Crippen MR) is 58.8 cm³/mol. The van der Waals surface area contributed by atoms with Gasteiger partial charge in [-0.25, -0.2) is 0 Å². The molecular formula is C12H18F3NO2. The van der Waals surface area contributed by atoms with E-state index in [2.05, 4.69) is 0 Å². The van der Waals surface area contributed by atoms with Gasteiger partial charge in [0.2, 0.25) is 0 Å². The van der Waals surface area contributed by atoms with E-state index in [-0.39, 0.29) is 12.1 Å². The molecule has 3 rings (SSSR count). The predicted octanol–water partition coefficient (Wildman–Crippen LogP) is 2.14. The minimum absolute atomic E-state index is 0.0787. The Labute approximate surface area is 104 Å². The molecule has 18 heavy (non-hydrogen) atoms. The fourth-order valence-electron chi connectivity index (χ4n) is 3.31. The molecule has 0 spiro atoms. The van der Waals surface area contributed by atoms with Gasteiger partial charge < -0.3 is 10.4 Å². The van der Waals surface area contributed by atoms with Crippen LogP contribution in [0.15, 0.2) is 0 Å². The number of hydrogen-bond donors (Lipinski definition) is 2. The van der Waals surface area contributed by atoms with E-state index in [0.717, 1.165) is 38.5 Å². The van der Waals surface area contributed by atoms with Crippen molar-refractivity contribution in [3.05, 3.63) is 0 Å². The average Bonchev–Trinajstić information content (AvgIpc) is 2.16. The van der Waals surface area contributed by atoms with Gasteiger partial charge in [0, 0.05) is 6.54 Å². The zero-order valence-electron chi connectivity index (χ0n) is 10.1. The number of amides is 1. The molecule has 0 heterocycles. The van der Waals surface area contributed by atoms with Gasteiger partial charge in [-0.15, -0.1) is 0 Å². The van der Waals surface area contributed by atoms with Crippen LogP contribution in [0.5, 0.6) is 0 Å². The monoisotopic (exact) mass is 265 g/mol. The highest BCUT2D eigenvalue weighted by molar-refractivity contribution is 5.81. The Bertz CT molecular complexity index is 321. The van der Waals surface area contributed by atoms with Crippen molar-refractivity contribution in [1.29, 1.82) is 0 Å². The Morgan fingerprint density at radius 2 is 1.78 bits per heavy atom. The lowest BCUT2D eigenvalue weighted by molar-refractivity contribution is -0.262. The van der Waals surface area contributed by atoms with Gasteiger partial charge >= 0.3 is 12.1 Å². The molecule has 3 nitrogen and oxygen atoms in total. The maximum absolute atomic E-state index is 11.8. The molecule has 0 saturated heterocycles. The lowest BCUT2D eigenvalue weighted by Crippen LogP contribution is -2.66. The van der Waals surface area contributed by atoms with E-state index < -0.39 is 12.1 Å². The molecule has 0 unspecified atom stereocenters. The molecule has 0 aromatic rings. The van der Waals surface area contributed by atoms with Crippen LogP contribution in [0.2, 0.25) is 0 Å². The number of nitrogens with one attached hydrogen (secondary N) is 1. The first kappa shape index (κ1) is 13.6. The number of rotatable bonds is 6. The number of carbonyl (C=O) groups is 1. The van der Waals surface area contributed by atoms with E-state index in [4.69, 9.17) is 0 Å². The van der Waals surface area contributed by atoms with Crippen LogP contribution in [0.25, 0.3) is 0 Å². The summed E-state index contributed by atoms with van der Waals surface area (Å²) in [6.07, 6.45) is 1.29. The number of aliphatic hydroxyl groups is 1. The molecule has 0 aromatic carbocycles. The quantitative estimate of drug-likeness (QED) is 0.723. The van der Waals surface area contributed by atoms with Crippen molar-refractivity contribution >= 4 is 5.91 Å². The zero-order chi connectivity index (χ0) is 13.4. The van der Waals surface area contributed by atoms with E-state index in [0.29, 0.717) is 11.8 Å². The molecule has 0 atom stereocenters. The Morgan fingerprint density at radius 3 is 2.28 bits per heavy atom. The van der Waals surface area contributed by atoms with E-state index >= 15 is 0 Å². The molecule has 1 amide bonds. The zero-order valence-corrected chi connectivity index (χ0v) is 10.1. The van der Waals surface area contributed by atoms with Crippen LogP contribution in [0.4, 0.5) is 13.2 Å². The third-order valence-corrected chi connectivity index (χ3v) is 4.04. The van der Waals surface area contributed by atoms with Gasteiger partial charge in [-0.2, -0.15) is 13.2 Å². The van der Waals surface area contributed by atoms with Crippen LogP contribution >= 0.6 is 0 Å². The van der Waals surface area contributed by atoms with Gasteiger partial charge in [0.05, 0.1) is 5.60 Å². The molecular weight excluding hydrogens is 247 g/mol. The van der Waals surface area contributed by atoms with E-state index in [9.17, 15) is 23.1 Å². The summed E-state index contributed by atoms with van der Waals surface area (Å²) in [4.78, 5) is 10.5. The molecule has 0 aliphatic heterocycles. The summed E-state index contributed by atoms with van der Waals surface area (Å²) < 4.78 is 35.5. The minimum Gasteiger partial charge on any atom is -0.390 e. The van der Waals surface area contributed by atoms with Crippen molar-refractivity contribution in [2.75, 3.05) is 6.54 Å². The number of unbranched alkanes of at least 4 members (excludes halogenated alkanes) is 2. The summed E-state index contributed by atoms with van der Waals surface area (Å²) in [6, 6.07) is 0. The highest BCUT2D eigenvalue weighted by atomic mass is 19.4. The second kappa shape index (κ2) is 4.40. The Kier molecular flexibility index (Phi) is 3.34. The molecule has 2 N–H and O–H groups in total. The van der Waals surface area contributed by atoms with Crippen LogP contribution in [-0.4, -0.2) is 29.3 Å². The van der Waals surface area contributed by atoms with Gasteiger partial charge in [-0.05, 0) is 37.5 Å². The number of carbonyl (C=O) groups excluding carboxylic acids is 1. The van der Waals surface area contributed by atoms with Crippen molar-refractivity contribution in [2.24, 2.45) is 5.41 Å². The maximum atomic E-state index is 11.8. The van der Waals surface area contributed by atoms with E-state index in [1.54, 1.807) is 0 Å². The summed E-state index contributed by atoms with van der Waals surface area (Å²) in [6.45, 7) is 0.0787. The Hall–Kier alpha value is -0.780. The lowest BCUT2D eigenvalue weighted by atomic mass is 9.40. The molecule has 3 saturated carbocycles. The normalized spacial score (nSPS) is 33.6. The van der Waals surface area contributed by atoms with Crippen LogP contribution in [0.1, 0.15) is 44.9 Å². The van der Waals surface area contributed by atoms with Gasteiger partial charge in [-0.3, -0.25) is 4.79 Å². The minimum atomic E-state index is -4.78. The van der Waals surface area contributed by atoms with Gasteiger partial charge in [0.15, 0.2) is 0 Å². The molecule has 6 heteroatoms. The molecule has 3 aliphatic carbocycles. The van der Waals surface area contributed by atoms with Gasteiger partial charge in [-0.1, -0.05) is 12.8 Å². The maximum Gasteiger partial charge on any atom is 0.471 e. The fraction of sp³-hybridized carbons (Fsp3) is 0.917. The first-order chi connectivity index (χ1) is 8.25. The summed E-state index contributed by atoms with van der Waals surface area (Å²) in [7, 11) is 0. The lowest BCUT2D eigenvalue weighted by Gasteiger charge is -2.68. The molecule has 0 radical (unpaired) electrons. The summed E-state index contributed by atoms with van der Waals surface area (Å²) in [5, 5.41) is 11.4. The molecule has 104 valence electrons. The number of halogens is 3. The van der Waals surface area contributed by atoms with Crippen molar-refractivity contribution in [2.45, 2.75) is 56.7 Å². The second-order valence-electron chi connectivity index (χ2n) is 5.82. The fourth-order valence-corrected chi connectivity index (χ4v) is 3.31. The summed E-state index contributed by atoms with van der Waals surface area (Å²) in [5.74, 6) is -1.86. The van der Waals surface area contributed by atoms with Gasteiger partial charge in [0.25, 0.3) is 0 Å². The van der Waals surface area contributed by atoms with E-state index in [1.165, 1.54) is 0 Å². The standard InChI is InChI=1S/C12H18F3NO2/c13-12(14,15)9(17)16-5-3-1-2-4-10-6-11(18,7-10)8-10/h18H,1-8H2,(H,16,17). The third kappa shape index (κ3) is 2.79. The smallest absolute Gasteiger partial charge is 0.390 e. The molecule has 3 fully saturated rings. The highest BCUT2D eigenvalue weighted by Gasteiger charge is 2.66. The molecule has 3 aliphatic rings. The van der Waals surface area contributed by atoms with Crippen molar-refractivity contribution in [1.82, 2.24) is 5.32 Å². The Balaban J connectivity index is 1.46. The van der Waals surface area contributed by atoms with Crippen LogP contribution in [0, 0.1) is 5.41 Å². The van der Waals surface area contributed by atoms with Gasteiger partial charge in [0.1, 0.15) is 0 Å². The highest BCUT2D eigenvalue weighted by Crippen LogP contribution is 2.69. The molecule has 2 bridgehead atoms. The van der Waals surface area contributed by atoms with E-state index in [1.807, 2.05) is 5.32 Å². The SMILES string of the molecule is O=C(NCCCCCC12CC(O)(C1)C2)C(F)(F)F. The van der Waals surface area contributed by atoms with Crippen LogP contribution in [0.3, 0.4) is 0 Å². The largest absolute Gasteiger partial charge is 0.471 e. The van der Waals surface area contributed by atoms with Crippen LogP contribution in [-0.2, 0) is 4.79 Å². The van der Waals surface area contributed by atoms with Crippen molar-refractivity contribution in [3.63, 3.8) is 0 Å². The van der Waals surface area contributed by atoms with Crippen molar-refractivity contribution < 1.29 is 23.1 Å². The average molecular weight is 265 g/mol. The van der Waals surface area contributed by atoms with Crippen LogP contribution < -0.4 is 5.32 Å². The Morgan fingerprint density at radius 1 is 1.17 bits per heavy atom. The van der Waals surface area contributed by atoms with Crippen molar-refractivity contribution in [3.8, 4) is 0 Å². The third-order valence-electron chi connectivity index (χ3n) is 4.04. The number of hydrogen-bond acceptors (Lipinski definition) is 2. The summed E-state index contributed by atoms with van der Waals surface area (Å²) in [5.41, 5.74) is -0.0371. The first-order valence-electron chi connectivity index (χ1n) is 6.32. The summed E-state index contributed by atoms with van der Waals surface area (Å²) >= 11 is 0. The first-order valence-corrected chi connectivity index (χ1v) is 6.32. The topological polar surface area (TPSA) is 49.3 Å². The molecule has 0 aromatic heterocycles. The number of alkyl halides is 3. The second-order valence-corrected chi connectivity index (χ2v) is 5.82.